The minimum absolute atomic E-state index is 0.217. The third-order valence-electron chi connectivity index (χ3n) is 1.76. The number of carboxylic acid groups (broad SMARTS) is 1. The van der Waals surface area contributed by atoms with Crippen molar-refractivity contribution in [3.63, 3.8) is 0 Å². The van der Waals surface area contributed by atoms with Crippen LogP contribution in [0.4, 0.5) is 8.78 Å². The van der Waals surface area contributed by atoms with Crippen LogP contribution in [-0.4, -0.2) is 30.2 Å². The van der Waals surface area contributed by atoms with Gasteiger partial charge in [-0.15, -0.1) is 0 Å². The smallest absolute Gasteiger partial charge is 0.354 e. The summed E-state index contributed by atoms with van der Waals surface area (Å²) in [5, 5.41) is 8.53. The van der Waals surface area contributed by atoms with Crippen molar-refractivity contribution in [2.24, 2.45) is 0 Å². The molecule has 1 heterocycles. The van der Waals surface area contributed by atoms with Crippen LogP contribution in [0.5, 0.6) is 0 Å². The largest absolute Gasteiger partial charge is 0.477 e. The van der Waals surface area contributed by atoms with E-state index in [0.717, 1.165) is 12.3 Å². The maximum atomic E-state index is 11.9. The number of halogens is 2. The Morgan fingerprint density at radius 2 is 2.12 bits per heavy atom. The van der Waals surface area contributed by atoms with Crippen LogP contribution in [0, 0.1) is 0 Å². The minimum Gasteiger partial charge on any atom is -0.477 e. The van der Waals surface area contributed by atoms with Crippen molar-refractivity contribution < 1.29 is 27.1 Å². The highest BCUT2D eigenvalue weighted by Crippen LogP contribution is 2.05. The molecule has 0 radical (unpaired) electrons. The Labute approximate surface area is 95.3 Å². The van der Waals surface area contributed by atoms with Gasteiger partial charge in [0.25, 0.3) is 10.0 Å². The summed E-state index contributed by atoms with van der Waals surface area (Å²) < 4.78 is 46.9. The van der Waals surface area contributed by atoms with Gasteiger partial charge in [0, 0.05) is 12.7 Å². The average molecular weight is 266 g/mol. The number of aromatic nitrogens is 1. The number of nitrogens with one attached hydrogen (secondary N) is 1. The van der Waals surface area contributed by atoms with Crippen LogP contribution in [0.15, 0.2) is 18.3 Å². The molecule has 0 spiro atoms. The maximum Gasteiger partial charge on any atom is 0.354 e. The molecule has 9 heteroatoms. The van der Waals surface area contributed by atoms with E-state index in [2.05, 4.69) is 4.98 Å². The van der Waals surface area contributed by atoms with E-state index in [1.165, 1.54) is 6.07 Å². The predicted molar refractivity (Wildman–Crippen MR) is 53.0 cm³/mol. The van der Waals surface area contributed by atoms with E-state index in [9.17, 15) is 22.0 Å². The van der Waals surface area contributed by atoms with Crippen LogP contribution in [0.3, 0.4) is 0 Å². The summed E-state index contributed by atoms with van der Waals surface area (Å²) in [6.45, 7) is -0.375. The molecule has 1 rings (SSSR count). The summed E-state index contributed by atoms with van der Waals surface area (Å²) >= 11 is 0. The molecule has 0 aliphatic rings. The second-order valence-corrected chi connectivity index (χ2v) is 4.72. The maximum absolute atomic E-state index is 11.9. The van der Waals surface area contributed by atoms with E-state index < -0.39 is 21.8 Å². The highest BCUT2D eigenvalue weighted by molar-refractivity contribution is 7.89. The first-order valence-corrected chi connectivity index (χ1v) is 5.82. The van der Waals surface area contributed by atoms with Gasteiger partial charge in [-0.2, -0.15) is 8.78 Å². The molecule has 2 N–H and O–H groups in total. The van der Waals surface area contributed by atoms with Gasteiger partial charge in [0.2, 0.25) is 0 Å². The number of nitrogens with zero attached hydrogens (tertiary/aromatic N) is 1. The second-order valence-electron chi connectivity index (χ2n) is 2.98. The van der Waals surface area contributed by atoms with Crippen molar-refractivity contribution in [2.75, 3.05) is 0 Å². The summed E-state index contributed by atoms with van der Waals surface area (Å²) in [6, 6.07) is 2.43. The molecule has 0 aliphatic heterocycles. The Hall–Kier alpha value is -1.61. The van der Waals surface area contributed by atoms with Crippen molar-refractivity contribution in [1.82, 2.24) is 9.71 Å². The number of rotatable bonds is 5. The molecule has 0 unspecified atom stereocenters. The van der Waals surface area contributed by atoms with Gasteiger partial charge < -0.3 is 5.11 Å². The fourth-order valence-corrected chi connectivity index (χ4v) is 1.40. The Morgan fingerprint density at radius 1 is 1.47 bits per heavy atom. The Morgan fingerprint density at radius 3 is 2.53 bits per heavy atom. The molecule has 0 fully saturated rings. The number of carboxylic acids is 1. The lowest BCUT2D eigenvalue weighted by Crippen LogP contribution is -2.28. The summed E-state index contributed by atoms with van der Waals surface area (Å²) in [5.74, 6) is -4.74. The third-order valence-corrected chi connectivity index (χ3v) is 2.77. The molecular weight excluding hydrogens is 258 g/mol. The van der Waals surface area contributed by atoms with Crippen LogP contribution < -0.4 is 4.72 Å². The SMILES string of the molecule is O=C(O)c1ccc(CNS(=O)(=O)C(F)F)cn1. The lowest BCUT2D eigenvalue weighted by atomic mass is 10.2. The zero-order valence-corrected chi connectivity index (χ0v) is 9.12. The van der Waals surface area contributed by atoms with Gasteiger partial charge in [-0.25, -0.2) is 22.9 Å². The van der Waals surface area contributed by atoms with Gasteiger partial charge in [-0.3, -0.25) is 0 Å². The Kier molecular flexibility index (Phi) is 4.07. The van der Waals surface area contributed by atoms with Crippen molar-refractivity contribution in [3.8, 4) is 0 Å². The van der Waals surface area contributed by atoms with Crippen LogP contribution >= 0.6 is 0 Å². The molecule has 0 atom stereocenters. The number of hydrogen-bond donors (Lipinski definition) is 2. The van der Waals surface area contributed by atoms with Gasteiger partial charge in [0.1, 0.15) is 5.69 Å². The minimum atomic E-state index is -4.65. The molecule has 6 nitrogen and oxygen atoms in total. The van der Waals surface area contributed by atoms with Gasteiger partial charge in [-0.1, -0.05) is 6.07 Å². The number of sulfonamides is 1. The van der Waals surface area contributed by atoms with Crippen LogP contribution in [0.2, 0.25) is 0 Å². The number of pyridine rings is 1. The highest BCUT2D eigenvalue weighted by Gasteiger charge is 2.22. The number of carbonyl (C=O) groups is 1. The van der Waals surface area contributed by atoms with E-state index >= 15 is 0 Å². The second kappa shape index (κ2) is 5.15. The van der Waals surface area contributed by atoms with Crippen LogP contribution in [0.1, 0.15) is 16.1 Å². The van der Waals surface area contributed by atoms with Crippen LogP contribution in [-0.2, 0) is 16.6 Å². The Bertz CT molecular complexity index is 501. The summed E-state index contributed by atoms with van der Waals surface area (Å²) in [7, 11) is -4.65. The molecule has 0 saturated carbocycles. The first kappa shape index (κ1) is 13.5. The van der Waals surface area contributed by atoms with E-state index in [-0.39, 0.29) is 17.8 Å². The third kappa shape index (κ3) is 3.71. The predicted octanol–water partition coefficient (Wildman–Crippen LogP) is 0.422. The van der Waals surface area contributed by atoms with Crippen molar-refractivity contribution in [1.29, 1.82) is 0 Å². The zero-order valence-electron chi connectivity index (χ0n) is 8.30. The highest BCUT2D eigenvalue weighted by atomic mass is 32.2. The van der Waals surface area contributed by atoms with Crippen molar-refractivity contribution in [3.05, 3.63) is 29.6 Å². The normalized spacial score (nSPS) is 11.7. The molecule has 1 aromatic heterocycles. The number of aromatic carboxylic acids is 1. The van der Waals surface area contributed by atoms with Gasteiger partial charge in [-0.05, 0) is 11.6 Å². The summed E-state index contributed by atoms with van der Waals surface area (Å²) in [6.07, 6.45) is 1.09. The molecule has 1 aromatic rings. The summed E-state index contributed by atoms with van der Waals surface area (Å²) in [4.78, 5) is 13.9. The lowest BCUT2D eigenvalue weighted by Gasteiger charge is -2.05. The molecule has 0 amide bonds. The zero-order chi connectivity index (χ0) is 13.1. The van der Waals surface area contributed by atoms with Crippen LogP contribution in [0.25, 0.3) is 0 Å². The molecular formula is C8H8F2N2O4S. The number of alkyl halides is 2. The summed E-state index contributed by atoms with van der Waals surface area (Å²) in [5.41, 5.74) is 0.0599. The van der Waals surface area contributed by atoms with Crippen molar-refractivity contribution in [2.45, 2.75) is 12.3 Å². The quantitative estimate of drug-likeness (QED) is 0.805. The average Bonchev–Trinajstić information content (AvgIpc) is 2.27. The van der Waals surface area contributed by atoms with E-state index in [1.54, 1.807) is 4.72 Å². The molecule has 0 saturated heterocycles. The fourth-order valence-electron chi connectivity index (χ4n) is 0.902. The van der Waals surface area contributed by atoms with E-state index in [1.807, 2.05) is 0 Å². The molecule has 17 heavy (non-hydrogen) atoms. The molecule has 0 aliphatic carbocycles. The molecule has 0 aromatic carbocycles. The molecule has 94 valence electrons. The van der Waals surface area contributed by atoms with Gasteiger partial charge in [0.05, 0.1) is 0 Å². The lowest BCUT2D eigenvalue weighted by molar-refractivity contribution is 0.0690. The van der Waals surface area contributed by atoms with Crippen molar-refractivity contribution >= 4 is 16.0 Å². The van der Waals surface area contributed by atoms with E-state index in [0.29, 0.717) is 0 Å². The van der Waals surface area contributed by atoms with Gasteiger partial charge in [0.15, 0.2) is 0 Å². The van der Waals surface area contributed by atoms with E-state index in [4.69, 9.17) is 5.11 Å². The monoisotopic (exact) mass is 266 g/mol. The first-order chi connectivity index (χ1) is 7.83. The standard InChI is InChI=1S/C8H8F2N2O4S/c9-8(10)17(15,16)12-4-5-1-2-6(7(13)14)11-3-5/h1-3,8,12H,4H2,(H,13,14). The number of hydrogen-bond acceptors (Lipinski definition) is 4. The molecule has 0 bridgehead atoms. The first-order valence-electron chi connectivity index (χ1n) is 4.28. The van der Waals surface area contributed by atoms with Gasteiger partial charge >= 0.3 is 11.7 Å². The topological polar surface area (TPSA) is 96.4 Å². The Balaban J connectivity index is 2.68. The fraction of sp³-hybridized carbons (Fsp3) is 0.250.